The first-order valence-corrected chi connectivity index (χ1v) is 4.26. The molecule has 1 rings (SSSR count). The molecule has 1 aromatic heterocycles. The zero-order chi connectivity index (χ0) is 8.97. The summed E-state index contributed by atoms with van der Waals surface area (Å²) >= 11 is 3.22. The van der Waals surface area contributed by atoms with Gasteiger partial charge in [-0.05, 0) is 28.1 Å². The number of carbonyl (C=O) groups is 1. The highest BCUT2D eigenvalue weighted by Gasteiger charge is 2.06. The number of halogens is 1. The SMILES string of the molecule is O=CCC(O)c1ccc(Br)cn1. The third-order valence-electron chi connectivity index (χ3n) is 1.41. The van der Waals surface area contributed by atoms with E-state index in [0.29, 0.717) is 12.0 Å². The number of nitrogens with zero attached hydrogens (tertiary/aromatic N) is 1. The van der Waals surface area contributed by atoms with Crippen LogP contribution in [0.25, 0.3) is 0 Å². The quantitative estimate of drug-likeness (QED) is 0.800. The van der Waals surface area contributed by atoms with E-state index in [1.54, 1.807) is 18.3 Å². The summed E-state index contributed by atoms with van der Waals surface area (Å²) in [6.07, 6.45) is 1.57. The Morgan fingerprint density at radius 1 is 1.67 bits per heavy atom. The van der Waals surface area contributed by atoms with Crippen molar-refractivity contribution in [1.29, 1.82) is 0 Å². The van der Waals surface area contributed by atoms with Crippen molar-refractivity contribution in [2.24, 2.45) is 0 Å². The van der Waals surface area contributed by atoms with Crippen LogP contribution in [0.1, 0.15) is 18.2 Å². The highest BCUT2D eigenvalue weighted by molar-refractivity contribution is 9.10. The van der Waals surface area contributed by atoms with Crippen molar-refractivity contribution in [3.8, 4) is 0 Å². The van der Waals surface area contributed by atoms with Gasteiger partial charge in [0.2, 0.25) is 0 Å². The number of rotatable bonds is 3. The topological polar surface area (TPSA) is 50.2 Å². The molecule has 1 heterocycles. The number of carbonyl (C=O) groups excluding carboxylic acids is 1. The zero-order valence-electron chi connectivity index (χ0n) is 6.27. The zero-order valence-corrected chi connectivity index (χ0v) is 7.86. The third-order valence-corrected chi connectivity index (χ3v) is 1.88. The average molecular weight is 230 g/mol. The Kier molecular flexibility index (Phi) is 3.37. The lowest BCUT2D eigenvalue weighted by Crippen LogP contribution is -2.00. The minimum Gasteiger partial charge on any atom is -0.386 e. The molecule has 0 saturated heterocycles. The van der Waals surface area contributed by atoms with Crippen LogP contribution >= 0.6 is 15.9 Å². The molecule has 64 valence electrons. The fourth-order valence-electron chi connectivity index (χ4n) is 0.796. The molecule has 0 fully saturated rings. The van der Waals surface area contributed by atoms with Gasteiger partial charge in [0.1, 0.15) is 12.4 Å². The van der Waals surface area contributed by atoms with Gasteiger partial charge < -0.3 is 9.90 Å². The van der Waals surface area contributed by atoms with Crippen molar-refractivity contribution in [2.45, 2.75) is 12.5 Å². The minimum absolute atomic E-state index is 0.0919. The van der Waals surface area contributed by atoms with Crippen molar-refractivity contribution >= 4 is 22.2 Å². The van der Waals surface area contributed by atoms with E-state index < -0.39 is 6.10 Å². The molecule has 0 aliphatic carbocycles. The first kappa shape index (κ1) is 9.35. The van der Waals surface area contributed by atoms with Gasteiger partial charge in [0.15, 0.2) is 0 Å². The summed E-state index contributed by atoms with van der Waals surface area (Å²) < 4.78 is 0.851. The summed E-state index contributed by atoms with van der Waals surface area (Å²) in [4.78, 5) is 14.0. The van der Waals surface area contributed by atoms with Gasteiger partial charge in [-0.15, -0.1) is 0 Å². The largest absolute Gasteiger partial charge is 0.386 e. The number of aliphatic hydroxyl groups is 1. The van der Waals surface area contributed by atoms with E-state index in [1.807, 2.05) is 0 Å². The molecule has 1 atom stereocenters. The first-order chi connectivity index (χ1) is 5.74. The predicted octanol–water partition coefficient (Wildman–Crippen LogP) is 1.47. The van der Waals surface area contributed by atoms with Gasteiger partial charge in [0.25, 0.3) is 0 Å². The van der Waals surface area contributed by atoms with Crippen LogP contribution in [0.5, 0.6) is 0 Å². The van der Waals surface area contributed by atoms with Gasteiger partial charge in [-0.2, -0.15) is 0 Å². The Morgan fingerprint density at radius 2 is 2.42 bits per heavy atom. The fraction of sp³-hybridized carbons (Fsp3) is 0.250. The molecule has 0 bridgehead atoms. The summed E-state index contributed by atoms with van der Waals surface area (Å²) in [5.74, 6) is 0. The third kappa shape index (κ3) is 2.39. The summed E-state index contributed by atoms with van der Waals surface area (Å²) in [5, 5.41) is 9.30. The van der Waals surface area contributed by atoms with Gasteiger partial charge in [0.05, 0.1) is 5.69 Å². The van der Waals surface area contributed by atoms with Gasteiger partial charge in [-0.3, -0.25) is 4.98 Å². The number of hydrogen-bond donors (Lipinski definition) is 1. The molecule has 1 aromatic rings. The van der Waals surface area contributed by atoms with E-state index in [1.165, 1.54) is 0 Å². The van der Waals surface area contributed by atoms with E-state index in [-0.39, 0.29) is 6.42 Å². The number of aldehydes is 1. The Bertz CT molecular complexity index is 260. The Labute approximate surface area is 78.6 Å². The molecule has 3 nitrogen and oxygen atoms in total. The van der Waals surface area contributed by atoms with Crippen LogP contribution in [-0.4, -0.2) is 16.4 Å². The minimum atomic E-state index is -0.782. The maximum Gasteiger partial charge on any atom is 0.122 e. The highest BCUT2D eigenvalue weighted by Crippen LogP contribution is 2.15. The van der Waals surface area contributed by atoms with Crippen molar-refractivity contribution in [1.82, 2.24) is 4.98 Å². The molecule has 0 aliphatic heterocycles. The van der Waals surface area contributed by atoms with Crippen LogP contribution in [0.15, 0.2) is 22.8 Å². The van der Waals surface area contributed by atoms with Gasteiger partial charge in [-0.1, -0.05) is 0 Å². The van der Waals surface area contributed by atoms with Crippen LogP contribution in [-0.2, 0) is 4.79 Å². The van der Waals surface area contributed by atoms with E-state index in [2.05, 4.69) is 20.9 Å². The van der Waals surface area contributed by atoms with Crippen LogP contribution in [0.2, 0.25) is 0 Å². The van der Waals surface area contributed by atoms with Crippen molar-refractivity contribution in [3.63, 3.8) is 0 Å². The van der Waals surface area contributed by atoms with E-state index in [4.69, 9.17) is 0 Å². The van der Waals surface area contributed by atoms with Crippen LogP contribution in [0, 0.1) is 0 Å². The molecule has 4 heteroatoms. The molecule has 1 unspecified atom stereocenters. The highest BCUT2D eigenvalue weighted by atomic mass is 79.9. The Morgan fingerprint density at radius 3 is 2.92 bits per heavy atom. The molecule has 0 radical (unpaired) electrons. The molecular weight excluding hydrogens is 222 g/mol. The molecule has 0 aliphatic rings. The molecule has 12 heavy (non-hydrogen) atoms. The second-order valence-electron chi connectivity index (χ2n) is 2.32. The van der Waals surface area contributed by atoms with Crippen molar-refractivity contribution in [3.05, 3.63) is 28.5 Å². The molecule has 0 amide bonds. The van der Waals surface area contributed by atoms with E-state index >= 15 is 0 Å². The van der Waals surface area contributed by atoms with Crippen LogP contribution in [0.4, 0.5) is 0 Å². The lowest BCUT2D eigenvalue weighted by Gasteiger charge is -2.04. The summed E-state index contributed by atoms with van der Waals surface area (Å²) in [6, 6.07) is 3.45. The van der Waals surface area contributed by atoms with E-state index in [0.717, 1.165) is 4.47 Å². The van der Waals surface area contributed by atoms with Crippen molar-refractivity contribution in [2.75, 3.05) is 0 Å². The van der Waals surface area contributed by atoms with E-state index in [9.17, 15) is 9.90 Å². The number of aliphatic hydroxyl groups excluding tert-OH is 1. The van der Waals surface area contributed by atoms with Crippen molar-refractivity contribution < 1.29 is 9.90 Å². The standard InChI is InChI=1S/C8H8BrNO2/c9-6-1-2-7(10-5-6)8(12)3-4-11/h1-2,4-5,8,12H,3H2. The van der Waals surface area contributed by atoms with Gasteiger partial charge in [-0.25, -0.2) is 0 Å². The monoisotopic (exact) mass is 229 g/mol. The number of hydrogen-bond acceptors (Lipinski definition) is 3. The lowest BCUT2D eigenvalue weighted by molar-refractivity contribution is -0.109. The van der Waals surface area contributed by atoms with Gasteiger partial charge >= 0.3 is 0 Å². The number of pyridine rings is 1. The second kappa shape index (κ2) is 4.33. The average Bonchev–Trinajstić information content (AvgIpc) is 2.06. The molecule has 0 saturated carbocycles. The van der Waals surface area contributed by atoms with Gasteiger partial charge in [0, 0.05) is 17.1 Å². The van der Waals surface area contributed by atoms with Crippen LogP contribution in [0.3, 0.4) is 0 Å². The second-order valence-corrected chi connectivity index (χ2v) is 3.24. The maximum atomic E-state index is 10.1. The first-order valence-electron chi connectivity index (χ1n) is 3.47. The van der Waals surface area contributed by atoms with Crippen LogP contribution < -0.4 is 0 Å². The maximum absolute atomic E-state index is 10.1. The fourth-order valence-corrected chi connectivity index (χ4v) is 1.03. The normalized spacial score (nSPS) is 12.5. The summed E-state index contributed by atoms with van der Waals surface area (Å²) in [5.41, 5.74) is 0.519. The summed E-state index contributed by atoms with van der Waals surface area (Å²) in [7, 11) is 0. The lowest BCUT2D eigenvalue weighted by atomic mass is 10.2. The molecule has 1 N–H and O–H groups in total. The number of aromatic nitrogens is 1. The molecule has 0 aromatic carbocycles. The smallest absolute Gasteiger partial charge is 0.122 e. The molecule has 0 spiro atoms. The Balaban J connectivity index is 2.74. The predicted molar refractivity (Wildman–Crippen MR) is 47.6 cm³/mol. The molecular formula is C8H8BrNO2. The summed E-state index contributed by atoms with van der Waals surface area (Å²) in [6.45, 7) is 0. The Hall–Kier alpha value is -0.740.